The van der Waals surface area contributed by atoms with Crippen LogP contribution in [0.25, 0.3) is 0 Å². The summed E-state index contributed by atoms with van der Waals surface area (Å²) in [5.74, 6) is -0.281. The van der Waals surface area contributed by atoms with E-state index in [1.54, 1.807) is 6.92 Å². The molecule has 4 N–H and O–H groups in total. The van der Waals surface area contributed by atoms with Crippen molar-refractivity contribution in [2.24, 2.45) is 11.1 Å². The van der Waals surface area contributed by atoms with Crippen molar-refractivity contribution < 1.29 is 13.2 Å². The lowest BCUT2D eigenvalue weighted by atomic mass is 10.0. The van der Waals surface area contributed by atoms with E-state index in [0.29, 0.717) is 12.1 Å². The van der Waals surface area contributed by atoms with E-state index in [1.165, 1.54) is 0 Å². The van der Waals surface area contributed by atoms with Gasteiger partial charge in [0, 0.05) is 6.04 Å². The van der Waals surface area contributed by atoms with Crippen LogP contribution in [0.5, 0.6) is 0 Å². The molecule has 1 aromatic rings. The van der Waals surface area contributed by atoms with Gasteiger partial charge in [0.25, 0.3) is 5.91 Å². The second-order valence-corrected chi connectivity index (χ2v) is 6.51. The Morgan fingerprint density at radius 1 is 1.40 bits per heavy atom. The standard InChI is InChI=1S/C12H22N4O3S/c1-5-8(7(3)4)14-12(17)10-11(20(13,18)19)9(6-2)15-16-10/h7-8H,5-6H2,1-4H3,(H,14,17)(H,15,16)(H2,13,18,19). The average molecular weight is 302 g/mol. The van der Waals surface area contributed by atoms with Crippen LogP contribution in [-0.2, 0) is 16.4 Å². The van der Waals surface area contributed by atoms with Crippen molar-refractivity contribution in [1.82, 2.24) is 15.5 Å². The summed E-state index contributed by atoms with van der Waals surface area (Å²) in [6.45, 7) is 7.68. The summed E-state index contributed by atoms with van der Waals surface area (Å²) in [4.78, 5) is 12.0. The monoisotopic (exact) mass is 302 g/mol. The summed E-state index contributed by atoms with van der Waals surface area (Å²) in [5.41, 5.74) is 0.179. The summed E-state index contributed by atoms with van der Waals surface area (Å²) < 4.78 is 23.3. The molecule has 0 bridgehead atoms. The predicted molar refractivity (Wildman–Crippen MR) is 75.7 cm³/mol. The maximum absolute atomic E-state index is 12.2. The molecule has 0 spiro atoms. The number of rotatable bonds is 6. The molecule has 8 heteroatoms. The van der Waals surface area contributed by atoms with Crippen molar-refractivity contribution in [3.63, 3.8) is 0 Å². The topological polar surface area (TPSA) is 118 Å². The molecule has 0 aromatic carbocycles. The zero-order valence-electron chi connectivity index (χ0n) is 12.2. The first kappa shape index (κ1) is 16.6. The molecule has 1 aromatic heterocycles. The van der Waals surface area contributed by atoms with Gasteiger partial charge in [0.2, 0.25) is 10.0 Å². The zero-order chi connectivity index (χ0) is 15.5. The Balaban J connectivity index is 3.15. The molecule has 1 amide bonds. The van der Waals surface area contributed by atoms with Gasteiger partial charge in [-0.15, -0.1) is 0 Å². The van der Waals surface area contributed by atoms with Crippen LogP contribution < -0.4 is 10.5 Å². The number of hydrogen-bond acceptors (Lipinski definition) is 4. The third-order valence-electron chi connectivity index (χ3n) is 3.21. The number of primary sulfonamides is 1. The second-order valence-electron chi connectivity index (χ2n) is 5.01. The Morgan fingerprint density at radius 2 is 2.00 bits per heavy atom. The highest BCUT2D eigenvalue weighted by Gasteiger charge is 2.28. The molecule has 0 fully saturated rings. The highest BCUT2D eigenvalue weighted by molar-refractivity contribution is 7.89. The fraction of sp³-hybridized carbons (Fsp3) is 0.667. The number of nitrogens with two attached hydrogens (primary N) is 1. The first-order chi connectivity index (χ1) is 9.22. The number of hydrogen-bond donors (Lipinski definition) is 3. The number of sulfonamides is 1. The van der Waals surface area contributed by atoms with Gasteiger partial charge in [0.15, 0.2) is 5.69 Å². The lowest BCUT2D eigenvalue weighted by molar-refractivity contribution is 0.0916. The maximum atomic E-state index is 12.2. The highest BCUT2D eigenvalue weighted by atomic mass is 32.2. The molecule has 20 heavy (non-hydrogen) atoms. The normalized spacial score (nSPS) is 13.5. The molecule has 0 aliphatic carbocycles. The molecule has 0 aliphatic heterocycles. The number of aromatic amines is 1. The number of amides is 1. The van der Waals surface area contributed by atoms with Gasteiger partial charge < -0.3 is 5.32 Å². The number of carbonyl (C=O) groups is 1. The molecule has 0 saturated carbocycles. The van der Waals surface area contributed by atoms with Crippen LogP contribution in [0.4, 0.5) is 0 Å². The molecule has 0 aliphatic rings. The van der Waals surface area contributed by atoms with E-state index < -0.39 is 15.9 Å². The fourth-order valence-electron chi connectivity index (χ4n) is 2.04. The number of aryl methyl sites for hydroxylation is 1. The van der Waals surface area contributed by atoms with Crippen molar-refractivity contribution in [3.8, 4) is 0 Å². The number of aromatic nitrogens is 2. The molecule has 0 saturated heterocycles. The van der Waals surface area contributed by atoms with E-state index in [0.717, 1.165) is 6.42 Å². The minimum absolute atomic E-state index is 0.0439. The summed E-state index contributed by atoms with van der Waals surface area (Å²) in [6.07, 6.45) is 1.15. The van der Waals surface area contributed by atoms with Crippen LogP contribution in [0.15, 0.2) is 4.90 Å². The van der Waals surface area contributed by atoms with Crippen LogP contribution in [0.3, 0.4) is 0 Å². The van der Waals surface area contributed by atoms with Gasteiger partial charge in [-0.05, 0) is 18.8 Å². The summed E-state index contributed by atoms with van der Waals surface area (Å²) >= 11 is 0. The predicted octanol–water partition coefficient (Wildman–Crippen LogP) is 0.784. The van der Waals surface area contributed by atoms with E-state index in [9.17, 15) is 13.2 Å². The number of nitrogens with one attached hydrogen (secondary N) is 2. The average Bonchev–Trinajstić information content (AvgIpc) is 2.78. The quantitative estimate of drug-likeness (QED) is 0.719. The second kappa shape index (κ2) is 6.36. The van der Waals surface area contributed by atoms with Crippen LogP contribution in [0, 0.1) is 5.92 Å². The van der Waals surface area contributed by atoms with E-state index in [1.807, 2.05) is 20.8 Å². The van der Waals surface area contributed by atoms with E-state index >= 15 is 0 Å². The summed E-state index contributed by atoms with van der Waals surface area (Å²) in [5, 5.41) is 14.3. The first-order valence-electron chi connectivity index (χ1n) is 6.63. The number of nitrogens with zero attached hydrogens (tertiary/aromatic N) is 1. The molecule has 1 unspecified atom stereocenters. The van der Waals surface area contributed by atoms with Gasteiger partial charge in [-0.2, -0.15) is 5.10 Å². The SMILES string of the molecule is CCc1[nH]nc(C(=O)NC(CC)C(C)C)c1S(N)(=O)=O. The molecule has 7 nitrogen and oxygen atoms in total. The molecule has 114 valence electrons. The van der Waals surface area contributed by atoms with E-state index in [-0.39, 0.29) is 22.5 Å². The minimum Gasteiger partial charge on any atom is -0.348 e. The smallest absolute Gasteiger partial charge is 0.273 e. The molecule has 1 heterocycles. The fourth-order valence-corrected chi connectivity index (χ4v) is 2.99. The Labute approximate surface area is 119 Å². The van der Waals surface area contributed by atoms with Crippen molar-refractivity contribution in [3.05, 3.63) is 11.4 Å². The third kappa shape index (κ3) is 3.57. The van der Waals surface area contributed by atoms with Crippen LogP contribution >= 0.6 is 0 Å². The number of carbonyl (C=O) groups excluding carboxylic acids is 1. The van der Waals surface area contributed by atoms with E-state index in [4.69, 9.17) is 5.14 Å². The van der Waals surface area contributed by atoms with Crippen molar-refractivity contribution >= 4 is 15.9 Å². The Kier molecular flexibility index (Phi) is 5.29. The zero-order valence-corrected chi connectivity index (χ0v) is 13.0. The van der Waals surface area contributed by atoms with E-state index in [2.05, 4.69) is 15.5 Å². The van der Waals surface area contributed by atoms with Crippen molar-refractivity contribution in [2.75, 3.05) is 0 Å². The van der Waals surface area contributed by atoms with Gasteiger partial charge in [-0.3, -0.25) is 9.89 Å². The minimum atomic E-state index is -4.00. The molecule has 1 atom stereocenters. The molecular formula is C12H22N4O3S. The van der Waals surface area contributed by atoms with Gasteiger partial charge in [-0.25, -0.2) is 13.6 Å². The maximum Gasteiger partial charge on any atom is 0.273 e. The van der Waals surface area contributed by atoms with Crippen LogP contribution in [-0.4, -0.2) is 30.6 Å². The Hall–Kier alpha value is -1.41. The highest BCUT2D eigenvalue weighted by Crippen LogP contribution is 2.18. The van der Waals surface area contributed by atoms with Gasteiger partial charge in [0.1, 0.15) is 4.90 Å². The third-order valence-corrected chi connectivity index (χ3v) is 4.21. The largest absolute Gasteiger partial charge is 0.348 e. The lowest BCUT2D eigenvalue weighted by Crippen LogP contribution is -2.39. The first-order valence-corrected chi connectivity index (χ1v) is 8.17. The van der Waals surface area contributed by atoms with Gasteiger partial charge >= 0.3 is 0 Å². The van der Waals surface area contributed by atoms with Crippen molar-refractivity contribution in [1.29, 1.82) is 0 Å². The molecule has 0 radical (unpaired) electrons. The van der Waals surface area contributed by atoms with Crippen LogP contribution in [0.2, 0.25) is 0 Å². The van der Waals surface area contributed by atoms with Gasteiger partial charge in [-0.1, -0.05) is 27.7 Å². The van der Waals surface area contributed by atoms with Crippen LogP contribution in [0.1, 0.15) is 50.3 Å². The Bertz CT molecular complexity index is 578. The van der Waals surface area contributed by atoms with Gasteiger partial charge in [0.05, 0.1) is 5.69 Å². The summed E-state index contributed by atoms with van der Waals surface area (Å²) in [7, 11) is -4.00. The lowest BCUT2D eigenvalue weighted by Gasteiger charge is -2.20. The number of H-pyrrole nitrogens is 1. The van der Waals surface area contributed by atoms with Crippen molar-refractivity contribution in [2.45, 2.75) is 51.5 Å². The Morgan fingerprint density at radius 3 is 2.40 bits per heavy atom. The molecule has 1 rings (SSSR count). The molecular weight excluding hydrogens is 280 g/mol. The summed E-state index contributed by atoms with van der Waals surface area (Å²) in [6, 6.07) is -0.0439.